The smallest absolute Gasteiger partial charge is 0.294 e. The van der Waals surface area contributed by atoms with Gasteiger partial charge in [0.2, 0.25) is 10.5 Å². The molecule has 3 aromatic rings. The molecule has 0 saturated carbocycles. The summed E-state index contributed by atoms with van der Waals surface area (Å²) in [6.07, 6.45) is 0.850. The van der Waals surface area contributed by atoms with E-state index in [0.717, 1.165) is 13.0 Å². The second-order valence-corrected chi connectivity index (χ2v) is 8.41. The molecule has 0 radical (unpaired) electrons. The zero-order valence-electron chi connectivity index (χ0n) is 14.2. The molecule has 0 fully saturated rings. The summed E-state index contributed by atoms with van der Waals surface area (Å²) < 4.78 is 34.7. The number of fused-ring (bicyclic) bond motifs is 1. The van der Waals surface area contributed by atoms with Crippen molar-refractivity contribution < 1.29 is 34.5 Å². The lowest BCUT2D eigenvalue weighted by Gasteiger charge is -2.18. The number of para-hydroxylation sites is 1. The standard InChI is InChI=1S/C17H19N3O3S2.BrH/c1-13-19(16-5-2-3-6-17(16)24-13)11-4-12-20(18)14-7-9-15(10-8-14)25(21,22)23;/h2-3,5-10H,4,11-12,18H2,1H3;1H. The number of nitrogens with zero attached hydrogens (tertiary/aromatic N) is 2. The maximum atomic E-state index is 11.1. The maximum Gasteiger partial charge on any atom is 0.294 e. The Morgan fingerprint density at radius 3 is 2.46 bits per heavy atom. The van der Waals surface area contributed by atoms with Crippen molar-refractivity contribution in [1.82, 2.24) is 0 Å². The van der Waals surface area contributed by atoms with Crippen molar-refractivity contribution in [1.29, 1.82) is 0 Å². The third kappa shape index (κ3) is 4.60. The topological polar surface area (TPSA) is 87.5 Å². The molecule has 0 amide bonds. The Hall–Kier alpha value is -1.52. The van der Waals surface area contributed by atoms with Gasteiger partial charge in [-0.25, -0.2) is 5.84 Å². The number of benzene rings is 2. The average molecular weight is 458 g/mol. The van der Waals surface area contributed by atoms with Gasteiger partial charge < -0.3 is 22.0 Å². The van der Waals surface area contributed by atoms with Gasteiger partial charge in [0.1, 0.15) is 4.70 Å². The van der Waals surface area contributed by atoms with Gasteiger partial charge in [0, 0.05) is 26.0 Å². The predicted molar refractivity (Wildman–Crippen MR) is 99.2 cm³/mol. The van der Waals surface area contributed by atoms with E-state index in [4.69, 9.17) is 10.4 Å². The average Bonchev–Trinajstić information content (AvgIpc) is 2.90. The molecule has 9 heteroatoms. The lowest BCUT2D eigenvalue weighted by atomic mass is 10.3. The molecule has 0 bridgehead atoms. The van der Waals surface area contributed by atoms with Crippen LogP contribution < -0.4 is 32.4 Å². The van der Waals surface area contributed by atoms with Crippen molar-refractivity contribution in [3.05, 3.63) is 53.5 Å². The van der Waals surface area contributed by atoms with Crippen molar-refractivity contribution in [2.45, 2.75) is 24.8 Å². The largest absolute Gasteiger partial charge is 1.00 e. The first-order valence-corrected chi connectivity index (χ1v) is 10.1. The van der Waals surface area contributed by atoms with Crippen LogP contribution in [0.2, 0.25) is 0 Å². The van der Waals surface area contributed by atoms with Gasteiger partial charge in [-0.3, -0.25) is 4.55 Å². The summed E-state index contributed by atoms with van der Waals surface area (Å²) in [5.74, 6) is 6.06. The van der Waals surface area contributed by atoms with E-state index in [1.54, 1.807) is 28.5 Å². The van der Waals surface area contributed by atoms with Crippen LogP contribution in [0.15, 0.2) is 53.4 Å². The molecule has 1 aromatic heterocycles. The molecular weight excluding hydrogens is 438 g/mol. The lowest BCUT2D eigenvalue weighted by molar-refractivity contribution is -0.673. The Bertz CT molecular complexity index is 988. The van der Waals surface area contributed by atoms with Gasteiger partial charge in [-0.2, -0.15) is 13.0 Å². The molecule has 0 saturated heterocycles. The molecular formula is C17H20BrN3O3S2. The normalized spacial score (nSPS) is 11.3. The fraction of sp³-hybridized carbons (Fsp3) is 0.235. The molecule has 3 rings (SSSR count). The highest BCUT2D eigenvalue weighted by Crippen LogP contribution is 2.20. The van der Waals surface area contributed by atoms with Gasteiger partial charge in [-0.15, -0.1) is 0 Å². The predicted octanol–water partition coefficient (Wildman–Crippen LogP) is -0.482. The first-order chi connectivity index (χ1) is 11.9. The minimum absolute atomic E-state index is 0. The van der Waals surface area contributed by atoms with Crippen LogP contribution in [-0.4, -0.2) is 19.5 Å². The van der Waals surface area contributed by atoms with E-state index in [0.29, 0.717) is 12.2 Å². The molecule has 0 atom stereocenters. The SMILES string of the molecule is Cc1sc2ccccc2[n+]1CCCN(N)c1ccc(S(=O)(=O)O)cc1.[Br-]. The van der Waals surface area contributed by atoms with Gasteiger partial charge >= 0.3 is 0 Å². The maximum absolute atomic E-state index is 11.1. The Morgan fingerprint density at radius 1 is 1.15 bits per heavy atom. The third-order valence-corrected chi connectivity index (χ3v) is 5.99. The first-order valence-electron chi connectivity index (χ1n) is 7.84. The molecule has 3 N–H and O–H groups in total. The number of nitrogens with two attached hydrogens (primary N) is 1. The van der Waals surface area contributed by atoms with Crippen molar-refractivity contribution in [2.75, 3.05) is 11.6 Å². The number of hydrogen-bond acceptors (Lipinski definition) is 5. The molecule has 6 nitrogen and oxygen atoms in total. The van der Waals surface area contributed by atoms with Crippen LogP contribution in [0.3, 0.4) is 0 Å². The number of hydrogen-bond donors (Lipinski definition) is 2. The van der Waals surface area contributed by atoms with Gasteiger partial charge in [-0.05, 0) is 30.3 Å². The molecule has 140 valence electrons. The van der Waals surface area contributed by atoms with Crippen LogP contribution in [-0.2, 0) is 16.7 Å². The Morgan fingerprint density at radius 2 is 1.81 bits per heavy atom. The van der Waals surface area contributed by atoms with E-state index in [2.05, 4.69) is 23.6 Å². The Balaban J connectivity index is 0.00000243. The fourth-order valence-corrected chi connectivity index (χ4v) is 4.29. The summed E-state index contributed by atoms with van der Waals surface area (Å²) in [6.45, 7) is 3.59. The van der Waals surface area contributed by atoms with E-state index in [1.807, 2.05) is 12.1 Å². The van der Waals surface area contributed by atoms with Crippen molar-refractivity contribution in [3.63, 3.8) is 0 Å². The lowest BCUT2D eigenvalue weighted by Crippen LogP contribution is -3.00. The summed E-state index contributed by atoms with van der Waals surface area (Å²) >= 11 is 1.78. The zero-order valence-corrected chi connectivity index (χ0v) is 17.4. The van der Waals surface area contributed by atoms with Crippen LogP contribution in [0, 0.1) is 6.92 Å². The summed E-state index contributed by atoms with van der Waals surface area (Å²) in [5.41, 5.74) is 1.93. The van der Waals surface area contributed by atoms with Gasteiger partial charge in [-0.1, -0.05) is 23.5 Å². The van der Waals surface area contributed by atoms with E-state index in [9.17, 15) is 8.42 Å². The van der Waals surface area contributed by atoms with E-state index >= 15 is 0 Å². The highest BCUT2D eigenvalue weighted by Gasteiger charge is 2.16. The number of anilines is 1. The minimum atomic E-state index is -4.18. The number of halogens is 1. The third-order valence-electron chi connectivity index (χ3n) is 4.04. The molecule has 1 heterocycles. The molecule has 2 aromatic carbocycles. The van der Waals surface area contributed by atoms with E-state index < -0.39 is 10.1 Å². The Kier molecular flexibility index (Phi) is 6.75. The molecule has 0 aliphatic carbocycles. The van der Waals surface area contributed by atoms with Crippen molar-refractivity contribution in [2.24, 2.45) is 5.84 Å². The highest BCUT2D eigenvalue weighted by molar-refractivity contribution is 7.85. The van der Waals surface area contributed by atoms with Crippen molar-refractivity contribution in [3.8, 4) is 0 Å². The summed E-state index contributed by atoms with van der Waals surface area (Å²) in [5, 5.41) is 2.83. The Labute approximate surface area is 167 Å². The van der Waals surface area contributed by atoms with Crippen LogP contribution in [0.25, 0.3) is 10.2 Å². The highest BCUT2D eigenvalue weighted by atomic mass is 79.9. The van der Waals surface area contributed by atoms with Crippen molar-refractivity contribution >= 4 is 37.4 Å². The summed E-state index contributed by atoms with van der Waals surface area (Å²) in [7, 11) is -4.18. The minimum Gasteiger partial charge on any atom is -1.00 e. The zero-order chi connectivity index (χ0) is 18.0. The number of thiazole rings is 1. The molecule has 26 heavy (non-hydrogen) atoms. The van der Waals surface area contributed by atoms with Crippen LogP contribution >= 0.6 is 11.3 Å². The number of aryl methyl sites for hydroxylation is 2. The van der Waals surface area contributed by atoms with Gasteiger partial charge in [0.25, 0.3) is 10.1 Å². The molecule has 0 aliphatic heterocycles. The second kappa shape index (κ2) is 8.45. The second-order valence-electron chi connectivity index (χ2n) is 5.76. The van der Waals surface area contributed by atoms with Crippen LogP contribution in [0.1, 0.15) is 11.4 Å². The molecule has 0 spiro atoms. The van der Waals surface area contributed by atoms with Crippen LogP contribution in [0.4, 0.5) is 5.69 Å². The number of hydrazine groups is 1. The molecule has 0 aliphatic rings. The fourth-order valence-electron chi connectivity index (χ4n) is 2.77. The van der Waals surface area contributed by atoms with E-state index in [1.165, 1.54) is 27.4 Å². The summed E-state index contributed by atoms with van der Waals surface area (Å²) in [4.78, 5) is -0.138. The number of rotatable bonds is 6. The van der Waals surface area contributed by atoms with Gasteiger partial charge in [0.05, 0.1) is 10.6 Å². The number of aromatic nitrogens is 1. The quantitative estimate of drug-likeness (QED) is 0.226. The van der Waals surface area contributed by atoms with Crippen LogP contribution in [0.5, 0.6) is 0 Å². The first kappa shape index (κ1) is 20.8. The summed E-state index contributed by atoms with van der Waals surface area (Å²) in [6, 6.07) is 14.2. The monoisotopic (exact) mass is 457 g/mol. The van der Waals surface area contributed by atoms with Gasteiger partial charge in [0.15, 0.2) is 6.54 Å². The van der Waals surface area contributed by atoms with E-state index in [-0.39, 0.29) is 21.9 Å². The molecule has 0 unspecified atom stereocenters.